The van der Waals surface area contributed by atoms with Crippen LogP contribution in [-0.4, -0.2) is 5.11 Å². The van der Waals surface area contributed by atoms with E-state index in [2.05, 4.69) is 22.9 Å². The maximum atomic E-state index is 9.95. The van der Waals surface area contributed by atoms with Gasteiger partial charge in [0.2, 0.25) is 0 Å². The number of hydrogen-bond acceptors (Lipinski definition) is 1. The van der Waals surface area contributed by atoms with Crippen molar-refractivity contribution in [1.82, 2.24) is 0 Å². The Morgan fingerprint density at radius 1 is 1.06 bits per heavy atom. The van der Waals surface area contributed by atoms with Crippen molar-refractivity contribution in [2.75, 3.05) is 0 Å². The maximum absolute atomic E-state index is 9.95. The Labute approximate surface area is 107 Å². The molecule has 0 aliphatic rings. The number of unbranched alkanes of at least 4 members (excludes halogenated alkanes) is 4. The maximum Gasteiger partial charge on any atom is 0.0790 e. The standard InChI is InChI=1S/C14H21BrO/c1-2-3-4-5-6-7-14(16)12-8-10-13(15)11-9-12/h8-11,14,16H,2-7H2,1H3. The Morgan fingerprint density at radius 3 is 2.31 bits per heavy atom. The van der Waals surface area contributed by atoms with Gasteiger partial charge >= 0.3 is 0 Å². The average Bonchev–Trinajstić information content (AvgIpc) is 2.29. The Balaban J connectivity index is 2.24. The van der Waals surface area contributed by atoms with Crippen molar-refractivity contribution < 1.29 is 5.11 Å². The van der Waals surface area contributed by atoms with Crippen molar-refractivity contribution in [2.24, 2.45) is 0 Å². The summed E-state index contributed by atoms with van der Waals surface area (Å²) in [4.78, 5) is 0. The zero-order chi connectivity index (χ0) is 11.8. The van der Waals surface area contributed by atoms with E-state index in [1.54, 1.807) is 0 Å². The van der Waals surface area contributed by atoms with E-state index in [-0.39, 0.29) is 6.10 Å². The Kier molecular flexibility index (Phi) is 6.74. The number of halogens is 1. The van der Waals surface area contributed by atoms with Gasteiger partial charge in [-0.05, 0) is 24.1 Å². The molecular weight excluding hydrogens is 264 g/mol. The van der Waals surface area contributed by atoms with Gasteiger partial charge in [0.05, 0.1) is 6.10 Å². The third-order valence-electron chi connectivity index (χ3n) is 2.84. The van der Waals surface area contributed by atoms with E-state index in [0.717, 1.165) is 22.9 Å². The number of aliphatic hydroxyl groups excluding tert-OH is 1. The van der Waals surface area contributed by atoms with Crippen molar-refractivity contribution in [3.8, 4) is 0 Å². The number of benzene rings is 1. The van der Waals surface area contributed by atoms with Crippen LogP contribution in [0.25, 0.3) is 0 Å². The van der Waals surface area contributed by atoms with Crippen LogP contribution in [0.3, 0.4) is 0 Å². The predicted octanol–water partition coefficient (Wildman–Crippen LogP) is 4.84. The summed E-state index contributed by atoms with van der Waals surface area (Å²) in [5.41, 5.74) is 1.03. The molecule has 0 amide bonds. The van der Waals surface area contributed by atoms with Crippen LogP contribution in [0, 0.1) is 0 Å². The molecule has 1 aromatic rings. The minimum atomic E-state index is -0.297. The highest BCUT2D eigenvalue weighted by Gasteiger charge is 2.06. The van der Waals surface area contributed by atoms with E-state index in [9.17, 15) is 5.11 Å². The fourth-order valence-electron chi connectivity index (χ4n) is 1.79. The molecule has 0 radical (unpaired) electrons. The summed E-state index contributed by atoms with van der Waals surface area (Å²) in [5, 5.41) is 9.95. The first-order valence-electron chi connectivity index (χ1n) is 6.17. The second-order valence-corrected chi connectivity index (χ2v) is 5.19. The third kappa shape index (κ3) is 5.13. The summed E-state index contributed by atoms with van der Waals surface area (Å²) in [7, 11) is 0. The molecule has 16 heavy (non-hydrogen) atoms. The van der Waals surface area contributed by atoms with Gasteiger partial charge in [0.25, 0.3) is 0 Å². The number of hydrogen-bond donors (Lipinski definition) is 1. The second-order valence-electron chi connectivity index (χ2n) is 4.27. The van der Waals surface area contributed by atoms with Crippen LogP contribution in [0.4, 0.5) is 0 Å². The van der Waals surface area contributed by atoms with Crippen LogP contribution in [0.1, 0.15) is 57.1 Å². The van der Waals surface area contributed by atoms with E-state index >= 15 is 0 Å². The fraction of sp³-hybridized carbons (Fsp3) is 0.571. The molecule has 90 valence electrons. The molecule has 1 nitrogen and oxygen atoms in total. The van der Waals surface area contributed by atoms with Crippen molar-refractivity contribution in [2.45, 2.75) is 51.6 Å². The molecule has 1 atom stereocenters. The number of rotatable bonds is 7. The van der Waals surface area contributed by atoms with E-state index in [0.29, 0.717) is 0 Å². The quantitative estimate of drug-likeness (QED) is 0.710. The molecule has 2 heteroatoms. The Hall–Kier alpha value is -0.340. The van der Waals surface area contributed by atoms with Gasteiger partial charge in [0.1, 0.15) is 0 Å². The zero-order valence-corrected chi connectivity index (χ0v) is 11.5. The largest absolute Gasteiger partial charge is 0.388 e. The monoisotopic (exact) mass is 284 g/mol. The fourth-order valence-corrected chi connectivity index (χ4v) is 2.06. The van der Waals surface area contributed by atoms with Crippen LogP contribution in [0.15, 0.2) is 28.7 Å². The van der Waals surface area contributed by atoms with Gasteiger partial charge in [0.15, 0.2) is 0 Å². The highest BCUT2D eigenvalue weighted by Crippen LogP contribution is 2.21. The molecule has 0 aromatic heterocycles. The Bertz CT molecular complexity index is 281. The van der Waals surface area contributed by atoms with Crippen LogP contribution in [-0.2, 0) is 0 Å². The molecule has 1 aromatic carbocycles. The lowest BCUT2D eigenvalue weighted by atomic mass is 10.0. The van der Waals surface area contributed by atoms with E-state index in [4.69, 9.17) is 0 Å². The summed E-state index contributed by atoms with van der Waals surface area (Å²) < 4.78 is 1.06. The van der Waals surface area contributed by atoms with E-state index in [1.165, 1.54) is 25.7 Å². The molecule has 1 N–H and O–H groups in total. The summed E-state index contributed by atoms with van der Waals surface area (Å²) in [6, 6.07) is 7.94. The van der Waals surface area contributed by atoms with Crippen molar-refractivity contribution in [1.29, 1.82) is 0 Å². The molecule has 0 aliphatic carbocycles. The first-order chi connectivity index (χ1) is 7.74. The summed E-state index contributed by atoms with van der Waals surface area (Å²) in [5.74, 6) is 0. The number of aliphatic hydroxyl groups is 1. The Morgan fingerprint density at radius 2 is 1.69 bits per heavy atom. The molecular formula is C14H21BrO. The first kappa shape index (κ1) is 13.7. The predicted molar refractivity (Wildman–Crippen MR) is 72.5 cm³/mol. The minimum absolute atomic E-state index is 0.297. The highest BCUT2D eigenvalue weighted by atomic mass is 79.9. The van der Waals surface area contributed by atoms with Gasteiger partial charge in [-0.15, -0.1) is 0 Å². The molecule has 1 rings (SSSR count). The van der Waals surface area contributed by atoms with Gasteiger partial charge in [0, 0.05) is 4.47 Å². The van der Waals surface area contributed by atoms with Crippen LogP contribution >= 0.6 is 15.9 Å². The van der Waals surface area contributed by atoms with E-state index < -0.39 is 0 Å². The van der Waals surface area contributed by atoms with Gasteiger partial charge in [-0.1, -0.05) is 67.1 Å². The third-order valence-corrected chi connectivity index (χ3v) is 3.36. The lowest BCUT2D eigenvalue weighted by molar-refractivity contribution is 0.163. The molecule has 0 aliphatic heterocycles. The molecule has 0 heterocycles. The lowest BCUT2D eigenvalue weighted by Crippen LogP contribution is -1.97. The van der Waals surface area contributed by atoms with Gasteiger partial charge in [-0.2, -0.15) is 0 Å². The molecule has 0 saturated heterocycles. The smallest absolute Gasteiger partial charge is 0.0790 e. The average molecular weight is 285 g/mol. The van der Waals surface area contributed by atoms with Crippen LogP contribution in [0.5, 0.6) is 0 Å². The molecule has 0 spiro atoms. The normalized spacial score (nSPS) is 12.7. The summed E-state index contributed by atoms with van der Waals surface area (Å²) >= 11 is 3.39. The molecule has 0 fully saturated rings. The lowest BCUT2D eigenvalue weighted by Gasteiger charge is -2.10. The van der Waals surface area contributed by atoms with Crippen molar-refractivity contribution in [3.05, 3.63) is 34.3 Å². The van der Waals surface area contributed by atoms with Crippen molar-refractivity contribution >= 4 is 15.9 Å². The van der Waals surface area contributed by atoms with Gasteiger partial charge in [-0.25, -0.2) is 0 Å². The minimum Gasteiger partial charge on any atom is -0.388 e. The summed E-state index contributed by atoms with van der Waals surface area (Å²) in [6.07, 6.45) is 6.83. The molecule has 1 unspecified atom stereocenters. The molecule has 0 bridgehead atoms. The van der Waals surface area contributed by atoms with Gasteiger partial charge in [-0.3, -0.25) is 0 Å². The highest BCUT2D eigenvalue weighted by molar-refractivity contribution is 9.10. The van der Waals surface area contributed by atoms with Crippen LogP contribution < -0.4 is 0 Å². The topological polar surface area (TPSA) is 20.2 Å². The van der Waals surface area contributed by atoms with Crippen molar-refractivity contribution in [3.63, 3.8) is 0 Å². The van der Waals surface area contributed by atoms with Crippen LogP contribution in [0.2, 0.25) is 0 Å². The van der Waals surface area contributed by atoms with Gasteiger partial charge < -0.3 is 5.11 Å². The van der Waals surface area contributed by atoms with E-state index in [1.807, 2.05) is 24.3 Å². The zero-order valence-electron chi connectivity index (χ0n) is 9.95. The first-order valence-corrected chi connectivity index (χ1v) is 6.97. The summed E-state index contributed by atoms with van der Waals surface area (Å²) in [6.45, 7) is 2.22. The molecule has 0 saturated carbocycles. The second kappa shape index (κ2) is 7.86. The SMILES string of the molecule is CCCCCCCC(O)c1ccc(Br)cc1.